The summed E-state index contributed by atoms with van der Waals surface area (Å²) < 4.78 is 53.1. The van der Waals surface area contributed by atoms with Gasteiger partial charge in [-0.25, -0.2) is 31.9 Å². The first-order chi connectivity index (χ1) is 6.64. The van der Waals surface area contributed by atoms with Gasteiger partial charge in [-0.15, -0.1) is 0 Å². The van der Waals surface area contributed by atoms with Crippen LogP contribution >= 0.6 is 0 Å². The van der Waals surface area contributed by atoms with Gasteiger partial charge in [0.05, 0.1) is 0 Å². The summed E-state index contributed by atoms with van der Waals surface area (Å²) in [6.07, 6.45) is 0. The van der Waals surface area contributed by atoms with Gasteiger partial charge in [0.2, 0.25) is 0 Å². The summed E-state index contributed by atoms with van der Waals surface area (Å²) in [4.78, 5) is 9.60. The maximum absolute atomic E-state index is 9.60. The number of hydrogen-bond donors (Lipinski definition) is 3. The number of aliphatic carboxylic acids is 1. The maximum Gasteiger partial charge on any atom is 1.00 e. The molecular weight excluding hydrogens is 346 g/mol. The van der Waals surface area contributed by atoms with E-state index in [1.54, 1.807) is 0 Å². The molecule has 10 nitrogen and oxygen atoms in total. The number of carboxylic acids is 1. The quantitative estimate of drug-likeness (QED) is 0.233. The summed E-state index contributed by atoms with van der Waals surface area (Å²) >= 11 is 0. The summed E-state index contributed by atoms with van der Waals surface area (Å²) in [5.41, 5.74) is 0.176. The second-order valence-corrected chi connectivity index (χ2v) is 4.04. The van der Waals surface area contributed by atoms with Crippen molar-refractivity contribution in [2.24, 2.45) is 10.3 Å². The van der Waals surface area contributed by atoms with Crippen LogP contribution in [0.15, 0.2) is 12.2 Å². The molecule has 0 aromatic carbocycles. The Hall–Kier alpha value is 2.22. The molecule has 14 heteroatoms. The average molecular weight is 356 g/mol. The first-order valence-electron chi connectivity index (χ1n) is 3.00. The summed E-state index contributed by atoms with van der Waals surface area (Å²) in [6, 6.07) is 0. The average Bonchev–Trinajstić information content (AvgIpc) is 1.77. The van der Waals surface area contributed by atoms with Gasteiger partial charge in [0, 0.05) is 5.57 Å². The van der Waals surface area contributed by atoms with E-state index >= 15 is 0 Å². The number of rotatable bonds is 1. The minimum atomic E-state index is -4.42. The molecule has 0 unspecified atom stereocenters. The minimum Gasteiger partial charge on any atom is -0.736 e. The predicted octanol–water partition coefficient (Wildman–Crippen LogP) is -8.53. The van der Waals surface area contributed by atoms with Crippen LogP contribution in [0.2, 0.25) is 0 Å². The summed E-state index contributed by atoms with van der Waals surface area (Å²) in [7, 11) is -8.83. The molecule has 0 saturated carbocycles. The van der Waals surface area contributed by atoms with Crippen LogP contribution in [0, 0.1) is 0 Å². The van der Waals surface area contributed by atoms with Crippen molar-refractivity contribution in [3.05, 3.63) is 12.2 Å². The Balaban J connectivity index is -0.0000000447. The number of carboxylic acid groups (broad SMARTS) is 1. The van der Waals surface area contributed by atoms with Gasteiger partial charge in [-0.05, 0) is 6.92 Å². The van der Waals surface area contributed by atoms with Gasteiger partial charge < -0.3 is 14.2 Å². The van der Waals surface area contributed by atoms with Gasteiger partial charge in [0.1, 0.15) is 0 Å². The van der Waals surface area contributed by atoms with Crippen LogP contribution in [0.5, 0.6) is 0 Å². The van der Waals surface area contributed by atoms with Crippen LogP contribution in [-0.2, 0) is 25.4 Å². The third-order valence-electron chi connectivity index (χ3n) is 0.365. The second-order valence-electron chi connectivity index (χ2n) is 2.07. The van der Waals surface area contributed by atoms with Crippen molar-refractivity contribution in [2.45, 2.75) is 6.92 Å². The molecule has 0 atom stereocenters. The van der Waals surface area contributed by atoms with Crippen molar-refractivity contribution in [1.82, 2.24) is 0 Å². The molecule has 0 aliphatic carbocycles. The van der Waals surface area contributed by atoms with Crippen LogP contribution in [0.3, 0.4) is 0 Å². The molecule has 0 heterocycles. The monoisotopic (exact) mass is 356 g/mol. The molecular formula is C4H10K2N2O8S2. The first kappa shape index (κ1) is 32.2. The Morgan fingerprint density at radius 3 is 1.11 bits per heavy atom. The molecule has 18 heavy (non-hydrogen) atoms. The van der Waals surface area contributed by atoms with Crippen molar-refractivity contribution in [2.75, 3.05) is 0 Å². The van der Waals surface area contributed by atoms with E-state index in [9.17, 15) is 4.79 Å². The summed E-state index contributed by atoms with van der Waals surface area (Å²) in [6.45, 7) is 4.60. The van der Waals surface area contributed by atoms with Gasteiger partial charge in [-0.3, -0.25) is 0 Å². The van der Waals surface area contributed by atoms with Crippen molar-refractivity contribution in [3.63, 3.8) is 0 Å². The van der Waals surface area contributed by atoms with Crippen LogP contribution in [0.25, 0.3) is 0 Å². The number of carbonyl (C=O) groups is 1. The zero-order chi connectivity index (χ0) is 14.2. The van der Waals surface area contributed by atoms with E-state index in [-0.39, 0.29) is 108 Å². The Morgan fingerprint density at radius 2 is 1.11 bits per heavy atom. The molecule has 0 aliphatic heterocycles. The largest absolute Gasteiger partial charge is 1.00 e. The molecule has 0 radical (unpaired) electrons. The third kappa shape index (κ3) is 140. The first-order valence-corrected chi connectivity index (χ1v) is 5.95. The van der Waals surface area contributed by atoms with E-state index in [0.717, 1.165) is 0 Å². The molecule has 98 valence electrons. The maximum atomic E-state index is 9.60. The smallest absolute Gasteiger partial charge is 0.736 e. The van der Waals surface area contributed by atoms with E-state index < -0.39 is 26.6 Å². The van der Waals surface area contributed by atoms with Crippen LogP contribution in [0.1, 0.15) is 6.92 Å². The summed E-state index contributed by atoms with van der Waals surface area (Å²) in [5, 5.41) is 15.4. The Labute approximate surface area is 190 Å². The third-order valence-corrected chi connectivity index (χ3v) is 0.365. The van der Waals surface area contributed by atoms with E-state index in [2.05, 4.69) is 16.9 Å². The molecule has 0 bridgehead atoms. The molecule has 0 rings (SSSR count). The molecule has 0 fully saturated rings. The zero-order valence-electron chi connectivity index (χ0n) is 9.98. The number of nitrogens with two attached hydrogens (primary N) is 2. The Morgan fingerprint density at radius 1 is 1.06 bits per heavy atom. The van der Waals surface area contributed by atoms with Crippen LogP contribution < -0.4 is 113 Å². The molecule has 5 N–H and O–H groups in total. The predicted molar refractivity (Wildman–Crippen MR) is 50.2 cm³/mol. The van der Waals surface area contributed by atoms with Crippen LogP contribution in [0.4, 0.5) is 0 Å². The molecule has 0 aliphatic rings. The minimum absolute atomic E-state index is 0. The standard InChI is InChI=1S/C4H6O2.2K.2H3NO3S/c1-3(2)4(5)6;;;2*1-5(2,3)4/h1H2,2H3,(H,5,6);;;2*(H3,1,2,3,4)/q;2*+1;;/p-2. The summed E-state index contributed by atoms with van der Waals surface area (Å²) in [5.74, 6) is -0.935. The van der Waals surface area contributed by atoms with E-state index in [0.29, 0.717) is 0 Å². The fourth-order valence-electron chi connectivity index (χ4n) is 0. The van der Waals surface area contributed by atoms with Gasteiger partial charge in [0.15, 0.2) is 20.6 Å². The molecule has 0 amide bonds. The van der Waals surface area contributed by atoms with E-state index in [1.807, 2.05) is 0 Å². The molecule has 0 aromatic rings. The topological polar surface area (TPSA) is 204 Å². The van der Waals surface area contributed by atoms with Gasteiger partial charge in [-0.2, -0.15) is 0 Å². The van der Waals surface area contributed by atoms with Crippen molar-refractivity contribution < 1.29 is 139 Å². The SMILES string of the molecule is C=C(C)C(=O)O.NS(=O)(=O)[O-].NS(=O)(=O)[O-].[K+].[K+]. The van der Waals surface area contributed by atoms with E-state index in [1.165, 1.54) is 6.92 Å². The fraction of sp³-hybridized carbons (Fsp3) is 0.250. The second kappa shape index (κ2) is 15.6. The van der Waals surface area contributed by atoms with Crippen LogP contribution in [-0.4, -0.2) is 37.0 Å². The molecule has 0 spiro atoms. The van der Waals surface area contributed by atoms with Gasteiger partial charge >= 0.3 is 109 Å². The normalized spacial score (nSPS) is 8.94. The van der Waals surface area contributed by atoms with Crippen molar-refractivity contribution in [1.29, 1.82) is 0 Å². The van der Waals surface area contributed by atoms with Crippen molar-refractivity contribution >= 4 is 26.6 Å². The molecule has 0 saturated heterocycles. The zero-order valence-corrected chi connectivity index (χ0v) is 17.9. The van der Waals surface area contributed by atoms with Gasteiger partial charge in [-0.1, -0.05) is 6.58 Å². The van der Waals surface area contributed by atoms with Crippen molar-refractivity contribution in [3.8, 4) is 0 Å². The fourth-order valence-corrected chi connectivity index (χ4v) is 0. The molecule has 0 aromatic heterocycles. The Bertz CT molecular complexity index is 372. The van der Waals surface area contributed by atoms with Gasteiger partial charge in [0.25, 0.3) is 0 Å². The number of hydrogen-bond acceptors (Lipinski definition) is 7. The van der Waals surface area contributed by atoms with E-state index in [4.69, 9.17) is 31.0 Å². The Kier molecular flexibility index (Phi) is 28.0.